The average Bonchev–Trinajstić information content (AvgIpc) is 4.29. The van der Waals surface area contributed by atoms with E-state index in [0.29, 0.717) is 24.4 Å². The van der Waals surface area contributed by atoms with Crippen LogP contribution in [0.3, 0.4) is 0 Å². The maximum atomic E-state index is 13.3. The molecule has 0 radical (unpaired) electrons. The number of aromatic nitrogens is 4. The van der Waals surface area contributed by atoms with E-state index >= 15 is 0 Å². The monoisotopic (exact) mass is 1170 g/mol. The van der Waals surface area contributed by atoms with E-state index in [-0.39, 0.29) is 60.6 Å². The predicted molar refractivity (Wildman–Crippen MR) is 314 cm³/mol. The number of carboxylic acids is 1. The molecule has 0 aliphatic carbocycles. The largest absolute Gasteiger partial charge is 0.475 e. The van der Waals surface area contributed by atoms with Crippen molar-refractivity contribution >= 4 is 72.4 Å². The number of hydrogen-bond acceptors (Lipinski definition) is 13. The van der Waals surface area contributed by atoms with E-state index in [1.807, 2.05) is 17.4 Å². The van der Waals surface area contributed by atoms with Crippen LogP contribution in [0.2, 0.25) is 0 Å². The maximum Gasteiger partial charge on any atom is 0.372 e. The Balaban J connectivity index is 0.000000238. The molecule has 6 aromatic rings. The lowest BCUT2D eigenvalue weighted by Gasteiger charge is -2.38. The second kappa shape index (κ2) is 30.4. The van der Waals surface area contributed by atoms with Crippen molar-refractivity contribution in [3.63, 3.8) is 0 Å². The molecule has 14 nitrogen and oxygen atoms in total. The SMILES string of the molecule is C.C.C[C@H]1CC[C@H](c2ccc3sc(C4CCN(C)CC4)nc3c2)NC1.Cc1ncc(CC(=O)C(=O)O)cc1C(F)F.Cc1ncc(NC(=O)C(=O)N2C[C@@H](C)CC[C@@H]2c2ccc3sc(C4CCN(C)CC4)nc3c2)cc1C(F)F.[2H]CF. The van der Waals surface area contributed by atoms with Crippen LogP contribution in [-0.4, -0.2) is 124 Å². The quantitative estimate of drug-likeness (QED) is 0.0876. The van der Waals surface area contributed by atoms with Crippen molar-refractivity contribution in [1.82, 2.24) is 40.0 Å². The smallest absolute Gasteiger partial charge is 0.372 e. The van der Waals surface area contributed by atoms with Gasteiger partial charge in [-0.2, -0.15) is 0 Å². The van der Waals surface area contributed by atoms with Crippen molar-refractivity contribution in [3.05, 3.63) is 110 Å². The summed E-state index contributed by atoms with van der Waals surface area (Å²) in [5.74, 6) is -1.96. The number of benzene rings is 2. The highest BCUT2D eigenvalue weighted by Gasteiger charge is 2.35. The first-order valence-corrected chi connectivity index (χ1v) is 28.5. The van der Waals surface area contributed by atoms with Crippen LogP contribution in [0.15, 0.2) is 60.9 Å². The molecular formula is C60H80F5N9O5S2. The molecule has 4 fully saturated rings. The number of Topliss-reactive ketones (excluding diaryl/α,β-unsaturated/α-hetero) is 1. The van der Waals surface area contributed by atoms with Crippen molar-refractivity contribution < 1.29 is 47.6 Å². The molecule has 3 N–H and O–H groups in total. The fourth-order valence-corrected chi connectivity index (χ4v) is 12.8. The lowest BCUT2D eigenvalue weighted by atomic mass is 9.89. The normalized spacial score (nSPS) is 20.1. The van der Waals surface area contributed by atoms with Crippen LogP contribution >= 0.6 is 22.7 Å². The fraction of sp³-hybridized carbons (Fsp3) is 0.533. The van der Waals surface area contributed by atoms with Crippen LogP contribution in [0.5, 0.6) is 0 Å². The summed E-state index contributed by atoms with van der Waals surface area (Å²) in [5, 5.41) is 17.1. The molecule has 4 aliphatic heterocycles. The van der Waals surface area contributed by atoms with Gasteiger partial charge in [0.15, 0.2) is 0 Å². The third kappa shape index (κ3) is 17.3. The Labute approximate surface area is 482 Å². The third-order valence-electron chi connectivity index (χ3n) is 15.4. The van der Waals surface area contributed by atoms with Crippen molar-refractivity contribution in [3.8, 4) is 0 Å². The second-order valence-electron chi connectivity index (χ2n) is 21.4. The van der Waals surface area contributed by atoms with E-state index in [4.69, 9.17) is 16.4 Å². The standard InChI is InChI=1S/C28H33F2N5O2S.C19H27N3S.C10H9F2NO3.CH3F.2CH4/c1-16-4-6-23(19-5-7-24-22(12-19)33-27(38-24)18-8-10-34(3)11-9-18)35(15-16)28(37)26(36)32-20-13-21(25(29)30)17(2)31-14-20;1-13-3-5-16(20-12-13)15-4-6-18-17(11-15)21-19(23-18)14-7-9-22(2)10-8-14;1-5-7(9(11)12)2-6(4-13-5)3-8(14)10(15)16;1-2;;/h5,7,12-14,16,18,23,25H,4,6,8-11,15H2,1-3H3,(H,32,36);4,6,11,13-14,16,20H,3,5,7-10,12H2,1-2H3;2,4,9H,3H2,1H3,(H,15,16);1H3;2*1H4/t16-,23+;13-,16+;;;;/m00..../s1/i;;;1D;;. The highest BCUT2D eigenvalue weighted by Crippen LogP contribution is 2.39. The molecule has 4 atom stereocenters. The van der Waals surface area contributed by atoms with Gasteiger partial charge in [-0.1, -0.05) is 40.8 Å². The molecule has 4 saturated heterocycles. The van der Waals surface area contributed by atoms with E-state index in [1.165, 1.54) is 96.9 Å². The number of thiazole rings is 2. The fourth-order valence-electron chi connectivity index (χ4n) is 10.5. The molecule has 81 heavy (non-hydrogen) atoms. The maximum absolute atomic E-state index is 13.3. The van der Waals surface area contributed by atoms with Gasteiger partial charge in [-0.05, 0) is 177 Å². The molecule has 2 amide bonds. The summed E-state index contributed by atoms with van der Waals surface area (Å²) in [5.41, 5.74) is 4.58. The van der Waals surface area contributed by atoms with Gasteiger partial charge in [0.1, 0.15) is 0 Å². The molecule has 0 bridgehead atoms. The number of nitrogens with zero attached hydrogens (tertiary/aromatic N) is 7. The van der Waals surface area contributed by atoms with E-state index < -0.39 is 50.0 Å². The number of hydrogen-bond donors (Lipinski definition) is 3. The van der Waals surface area contributed by atoms with Crippen LogP contribution in [0.1, 0.15) is 167 Å². The Morgan fingerprint density at radius 3 is 1.75 bits per heavy atom. The molecule has 4 aromatic heterocycles. The van der Waals surface area contributed by atoms with Gasteiger partial charge in [0.25, 0.3) is 12.9 Å². The molecule has 8 heterocycles. The third-order valence-corrected chi connectivity index (χ3v) is 17.8. The van der Waals surface area contributed by atoms with Crippen molar-refractivity contribution in [2.24, 2.45) is 11.8 Å². The van der Waals surface area contributed by atoms with Crippen LogP contribution in [0.4, 0.5) is 27.6 Å². The zero-order valence-electron chi connectivity index (χ0n) is 46.6. The summed E-state index contributed by atoms with van der Waals surface area (Å²) in [6.45, 7) is 13.4. The van der Waals surface area contributed by atoms with Crippen LogP contribution < -0.4 is 10.6 Å². The number of aryl methyl sites for hydroxylation is 2. The number of carbonyl (C=O) groups is 4. The second-order valence-corrected chi connectivity index (χ2v) is 23.5. The number of fused-ring (bicyclic) bond motifs is 2. The average molecular weight is 1170 g/mol. The number of nitrogens with one attached hydrogen (secondary N) is 2. The minimum Gasteiger partial charge on any atom is -0.475 e. The number of aliphatic carboxylic acids is 1. The van der Waals surface area contributed by atoms with E-state index in [2.05, 4.69) is 88.7 Å². The first kappa shape index (κ1) is 64.3. The number of pyridine rings is 2. The molecule has 0 spiro atoms. The summed E-state index contributed by atoms with van der Waals surface area (Å²) < 4.78 is 69.5. The van der Waals surface area contributed by atoms with E-state index in [0.717, 1.165) is 73.1 Å². The Morgan fingerprint density at radius 2 is 1.23 bits per heavy atom. The lowest BCUT2D eigenvalue weighted by Crippen LogP contribution is -2.46. The zero-order chi connectivity index (χ0) is 57.8. The van der Waals surface area contributed by atoms with Gasteiger partial charge in [0.2, 0.25) is 5.78 Å². The number of amides is 2. The first-order chi connectivity index (χ1) is 38.2. The highest BCUT2D eigenvalue weighted by molar-refractivity contribution is 7.19. The van der Waals surface area contributed by atoms with Gasteiger partial charge in [0.05, 0.1) is 56.9 Å². The van der Waals surface area contributed by atoms with E-state index in [1.54, 1.807) is 16.2 Å². The number of piperidine rings is 4. The number of anilines is 1. The van der Waals surface area contributed by atoms with Gasteiger partial charge in [-0.15, -0.1) is 22.7 Å². The molecule has 0 saturated carbocycles. The molecule has 442 valence electrons. The minimum atomic E-state index is -2.72. The Morgan fingerprint density at radius 1 is 0.728 bits per heavy atom. The Bertz CT molecular complexity index is 3050. The number of ketones is 1. The number of carboxylic acid groups (broad SMARTS) is 1. The van der Waals surface area contributed by atoms with E-state index in [9.17, 15) is 41.1 Å². The highest BCUT2D eigenvalue weighted by atomic mass is 32.1. The molecular weight excluding hydrogens is 1090 g/mol. The van der Waals surface area contributed by atoms with Gasteiger partial charge in [-0.25, -0.2) is 32.3 Å². The van der Waals surface area contributed by atoms with Crippen LogP contribution in [0.25, 0.3) is 20.4 Å². The first-order valence-electron chi connectivity index (χ1n) is 27.5. The van der Waals surface area contributed by atoms with Gasteiger partial charge in [-0.3, -0.25) is 28.7 Å². The van der Waals surface area contributed by atoms with Gasteiger partial charge >= 0.3 is 17.8 Å². The summed E-state index contributed by atoms with van der Waals surface area (Å²) >= 11 is 3.66. The van der Waals surface area contributed by atoms with Crippen LogP contribution in [0, 0.1) is 25.7 Å². The number of carbonyl (C=O) groups excluding carboxylic acids is 3. The molecule has 10 rings (SSSR count). The Hall–Kier alpha value is -5.87. The van der Waals surface area contributed by atoms with Crippen molar-refractivity contribution in [2.75, 3.05) is 65.8 Å². The summed E-state index contributed by atoms with van der Waals surface area (Å²) in [7, 11) is 3.37. The number of halogens is 5. The number of likely N-dealkylation sites (tertiary alicyclic amines) is 3. The predicted octanol–water partition coefficient (Wildman–Crippen LogP) is 13.2. The topological polar surface area (TPSA) is 174 Å². The summed E-state index contributed by atoms with van der Waals surface area (Å²) in [4.78, 5) is 71.4. The molecule has 0 unspecified atom stereocenters. The van der Waals surface area contributed by atoms with Crippen LogP contribution in [-0.2, 0) is 25.6 Å². The van der Waals surface area contributed by atoms with Crippen molar-refractivity contribution in [2.45, 2.75) is 137 Å². The Kier molecular flexibility index (Phi) is 24.2. The van der Waals surface area contributed by atoms with Gasteiger partial charge in [0, 0.05) is 59.6 Å². The van der Waals surface area contributed by atoms with Crippen molar-refractivity contribution in [1.29, 1.82) is 0 Å². The lowest BCUT2D eigenvalue weighted by molar-refractivity contribution is -0.148. The molecule has 21 heteroatoms. The zero-order valence-corrected chi connectivity index (χ0v) is 47.3. The minimum absolute atomic E-state index is 0. The summed E-state index contributed by atoms with van der Waals surface area (Å²) in [6, 6.07) is 15.6. The van der Waals surface area contributed by atoms with Gasteiger partial charge < -0.3 is 30.4 Å². The summed E-state index contributed by atoms with van der Waals surface area (Å²) in [6.07, 6.45) is 5.65. The molecule has 2 aromatic carbocycles. The molecule has 4 aliphatic rings. The number of alkyl halides is 5. The number of rotatable bonds is 10.